The Morgan fingerprint density at radius 3 is 2.54 bits per heavy atom. The van der Waals surface area contributed by atoms with Crippen molar-refractivity contribution in [3.8, 4) is 11.4 Å². The van der Waals surface area contributed by atoms with Crippen LogP contribution < -0.4 is 0 Å². The normalized spacial score (nSPS) is 15.6. The van der Waals surface area contributed by atoms with E-state index in [1.165, 1.54) is 22.5 Å². The first kappa shape index (κ1) is 18.9. The van der Waals surface area contributed by atoms with Gasteiger partial charge in [-0.1, -0.05) is 6.07 Å². The number of rotatable bonds is 4. The molecular formula is C19H16ClN3O4S. The molecule has 1 fully saturated rings. The molecule has 1 aliphatic heterocycles. The van der Waals surface area contributed by atoms with Gasteiger partial charge in [0.05, 0.1) is 35.0 Å². The quantitative estimate of drug-likeness (QED) is 0.606. The van der Waals surface area contributed by atoms with Crippen molar-refractivity contribution in [1.29, 1.82) is 0 Å². The molecule has 0 atom stereocenters. The smallest absolute Gasteiger partial charge is 0.253 e. The van der Waals surface area contributed by atoms with Crippen LogP contribution in [0.2, 0.25) is 0 Å². The number of aromatic nitrogens is 2. The molecule has 0 amide bonds. The molecule has 0 unspecified atom stereocenters. The molecule has 0 aliphatic carbocycles. The summed E-state index contributed by atoms with van der Waals surface area (Å²) in [4.78, 5) is 20.9. The van der Waals surface area contributed by atoms with Crippen molar-refractivity contribution in [2.24, 2.45) is 0 Å². The topological polar surface area (TPSA) is 89.5 Å². The lowest BCUT2D eigenvalue weighted by Gasteiger charge is -2.26. The van der Waals surface area contributed by atoms with Gasteiger partial charge in [-0.05, 0) is 48.0 Å². The maximum absolute atomic E-state index is 12.9. The van der Waals surface area contributed by atoms with Crippen LogP contribution in [-0.2, 0) is 14.8 Å². The molecule has 28 heavy (non-hydrogen) atoms. The van der Waals surface area contributed by atoms with Crippen LogP contribution >= 0.6 is 11.6 Å². The van der Waals surface area contributed by atoms with Gasteiger partial charge in [0.25, 0.3) is 5.24 Å². The number of morpholine rings is 1. The number of ether oxygens (including phenoxy) is 1. The van der Waals surface area contributed by atoms with Crippen molar-refractivity contribution in [3.63, 3.8) is 0 Å². The summed E-state index contributed by atoms with van der Waals surface area (Å²) in [5.41, 5.74) is 1.73. The summed E-state index contributed by atoms with van der Waals surface area (Å²) in [6.45, 7) is 1.29. The van der Waals surface area contributed by atoms with Crippen molar-refractivity contribution in [3.05, 3.63) is 54.2 Å². The van der Waals surface area contributed by atoms with Gasteiger partial charge in [0.2, 0.25) is 10.0 Å². The Kier molecular flexibility index (Phi) is 5.11. The fourth-order valence-electron chi connectivity index (χ4n) is 3.11. The molecule has 7 nitrogen and oxygen atoms in total. The second-order valence-corrected chi connectivity index (χ2v) is 8.52. The fourth-order valence-corrected chi connectivity index (χ4v) is 4.70. The average molecular weight is 418 g/mol. The lowest BCUT2D eigenvalue weighted by Crippen LogP contribution is -2.40. The van der Waals surface area contributed by atoms with E-state index in [-0.39, 0.29) is 10.5 Å². The monoisotopic (exact) mass is 417 g/mol. The first-order valence-electron chi connectivity index (χ1n) is 8.61. The largest absolute Gasteiger partial charge is 0.379 e. The van der Waals surface area contributed by atoms with E-state index in [2.05, 4.69) is 9.97 Å². The molecule has 0 saturated carbocycles. The summed E-state index contributed by atoms with van der Waals surface area (Å²) < 4.78 is 32.4. The second-order valence-electron chi connectivity index (χ2n) is 6.24. The van der Waals surface area contributed by atoms with Crippen molar-refractivity contribution >= 4 is 37.8 Å². The molecule has 9 heteroatoms. The number of hydrogen-bond donors (Lipinski definition) is 0. The van der Waals surface area contributed by atoms with Gasteiger partial charge in [-0.2, -0.15) is 4.31 Å². The first-order valence-corrected chi connectivity index (χ1v) is 10.4. The van der Waals surface area contributed by atoms with Crippen LogP contribution in [0.15, 0.2) is 53.6 Å². The van der Waals surface area contributed by atoms with E-state index >= 15 is 0 Å². The van der Waals surface area contributed by atoms with Crippen LogP contribution in [0.1, 0.15) is 10.4 Å². The van der Waals surface area contributed by atoms with Crippen LogP contribution in [0.4, 0.5) is 0 Å². The van der Waals surface area contributed by atoms with E-state index in [0.717, 1.165) is 0 Å². The standard InChI is InChI=1S/C19H16ClN3O4S/c20-19(24)15-12-18(17-3-1-2-6-21-17)22-16-5-4-13(11-14(15)16)28(25,26)23-7-9-27-10-8-23/h1-6,11-12H,7-10H2. The third-order valence-electron chi connectivity index (χ3n) is 4.53. The maximum atomic E-state index is 12.9. The number of halogens is 1. The van der Waals surface area contributed by atoms with Gasteiger partial charge in [-0.15, -0.1) is 0 Å². The zero-order valence-electron chi connectivity index (χ0n) is 14.7. The molecule has 144 valence electrons. The fraction of sp³-hybridized carbons (Fsp3) is 0.211. The molecule has 1 aliphatic rings. The van der Waals surface area contributed by atoms with E-state index in [4.69, 9.17) is 16.3 Å². The lowest BCUT2D eigenvalue weighted by molar-refractivity contribution is 0.0730. The summed E-state index contributed by atoms with van der Waals surface area (Å²) in [6, 6.07) is 11.4. The van der Waals surface area contributed by atoms with Crippen LogP contribution in [0.25, 0.3) is 22.3 Å². The molecule has 0 radical (unpaired) electrons. The van der Waals surface area contributed by atoms with Gasteiger partial charge in [-0.3, -0.25) is 9.78 Å². The van der Waals surface area contributed by atoms with E-state index < -0.39 is 15.3 Å². The molecule has 0 N–H and O–H groups in total. The number of sulfonamides is 1. The van der Waals surface area contributed by atoms with E-state index in [9.17, 15) is 13.2 Å². The zero-order valence-corrected chi connectivity index (χ0v) is 16.3. The Bertz CT molecular complexity index is 1150. The van der Waals surface area contributed by atoms with Crippen molar-refractivity contribution in [1.82, 2.24) is 14.3 Å². The van der Waals surface area contributed by atoms with E-state index in [1.807, 2.05) is 6.07 Å². The predicted octanol–water partition coefficient (Wildman–Crippen LogP) is 2.70. The number of pyridine rings is 2. The van der Waals surface area contributed by atoms with Crippen molar-refractivity contribution in [2.45, 2.75) is 4.90 Å². The van der Waals surface area contributed by atoms with Crippen molar-refractivity contribution in [2.75, 3.05) is 26.3 Å². The molecule has 4 rings (SSSR count). The van der Waals surface area contributed by atoms with Gasteiger partial charge < -0.3 is 4.74 Å². The summed E-state index contributed by atoms with van der Waals surface area (Å²) in [5, 5.41) is -0.306. The summed E-state index contributed by atoms with van der Waals surface area (Å²) in [5.74, 6) is 0. The van der Waals surface area contributed by atoms with Gasteiger partial charge in [0, 0.05) is 30.2 Å². The summed E-state index contributed by atoms with van der Waals surface area (Å²) >= 11 is 5.79. The molecule has 1 saturated heterocycles. The highest BCUT2D eigenvalue weighted by Crippen LogP contribution is 2.28. The summed E-state index contributed by atoms with van der Waals surface area (Å²) in [7, 11) is -3.70. The number of carbonyl (C=O) groups is 1. The highest BCUT2D eigenvalue weighted by molar-refractivity contribution is 7.89. The molecule has 2 aromatic heterocycles. The second kappa shape index (κ2) is 7.56. The Hall–Kier alpha value is -2.39. The van der Waals surface area contributed by atoms with E-state index in [0.29, 0.717) is 48.6 Å². The Balaban J connectivity index is 1.85. The minimum absolute atomic E-state index is 0.0912. The molecule has 0 spiro atoms. The van der Waals surface area contributed by atoms with Gasteiger partial charge in [0.1, 0.15) is 0 Å². The number of benzene rings is 1. The maximum Gasteiger partial charge on any atom is 0.253 e. The van der Waals surface area contributed by atoms with Crippen LogP contribution in [0, 0.1) is 0 Å². The zero-order chi connectivity index (χ0) is 19.7. The van der Waals surface area contributed by atoms with Gasteiger partial charge >= 0.3 is 0 Å². The van der Waals surface area contributed by atoms with Crippen LogP contribution in [-0.4, -0.2) is 54.2 Å². The van der Waals surface area contributed by atoms with Gasteiger partial charge in [0.15, 0.2) is 0 Å². The van der Waals surface area contributed by atoms with E-state index in [1.54, 1.807) is 24.4 Å². The first-order chi connectivity index (χ1) is 13.5. The predicted molar refractivity (Wildman–Crippen MR) is 105 cm³/mol. The highest BCUT2D eigenvalue weighted by atomic mass is 35.5. The number of fused-ring (bicyclic) bond motifs is 1. The highest BCUT2D eigenvalue weighted by Gasteiger charge is 2.27. The minimum atomic E-state index is -3.70. The third-order valence-corrected chi connectivity index (χ3v) is 6.63. The molecule has 1 aromatic carbocycles. The SMILES string of the molecule is O=C(Cl)c1cc(-c2ccccn2)nc2ccc(S(=O)(=O)N3CCOCC3)cc12. The number of carbonyl (C=O) groups excluding carboxylic acids is 1. The van der Waals surface area contributed by atoms with Gasteiger partial charge in [-0.25, -0.2) is 13.4 Å². The molecule has 0 bridgehead atoms. The molecule has 3 aromatic rings. The Morgan fingerprint density at radius 1 is 1.07 bits per heavy atom. The molecule has 3 heterocycles. The average Bonchev–Trinajstić information content (AvgIpc) is 2.73. The van der Waals surface area contributed by atoms with Crippen LogP contribution in [0.3, 0.4) is 0 Å². The minimum Gasteiger partial charge on any atom is -0.379 e. The summed E-state index contributed by atoms with van der Waals surface area (Å²) in [6.07, 6.45) is 1.63. The van der Waals surface area contributed by atoms with Crippen LogP contribution in [0.5, 0.6) is 0 Å². The number of hydrogen-bond acceptors (Lipinski definition) is 6. The van der Waals surface area contributed by atoms with Crippen molar-refractivity contribution < 1.29 is 17.9 Å². The number of nitrogens with zero attached hydrogens (tertiary/aromatic N) is 3. The Morgan fingerprint density at radius 2 is 1.86 bits per heavy atom. The molecular weight excluding hydrogens is 402 g/mol. The lowest BCUT2D eigenvalue weighted by atomic mass is 10.1. The third kappa shape index (κ3) is 3.51. The Labute approximate surface area is 167 Å².